The zero-order valence-corrected chi connectivity index (χ0v) is 71.4. The molecule has 11 aromatic heterocycles. The van der Waals surface area contributed by atoms with E-state index in [4.69, 9.17) is 38.9 Å². The Labute approximate surface area is 683 Å². The number of pyridine rings is 3. The molecule has 3 fully saturated rings. The molecule has 0 radical (unpaired) electrons. The SMILES string of the molecule is CCC[CH2][Sn]([CH2]CCC)([CH2]CCC)[c]1ccncc1.Cc1ccc(S(=O)(=O)n2cc(-c3ccncc3)c3c(NC4CC4)nc(Cl)nc32)cc1.Cc1ccc(S(=O)(=O)n2cc(I)c3c(NC4CC4)nc(Cl)nc32)cc1.Nc1ccc2cn[nH]c2c1.c1cc(-c2c[nH]c3nc(Nc4ccc5cn[nH]c5c4)nc(NC4CC4)c23)ccn1. The topological polar surface area (TPSA) is 341 Å². The number of nitrogens with zero attached hydrogens (tertiary/aromatic N) is 13. The normalized spacial score (nSPS) is 13.5. The average molecular weight is 1810 g/mol. The number of aromatic amines is 3. The Kier molecular flexibility index (Phi) is 25.2. The molecule has 31 heteroatoms. The van der Waals surface area contributed by atoms with Crippen LogP contribution >= 0.6 is 45.8 Å². The molecule has 11 heterocycles. The number of aromatic nitrogens is 16. The van der Waals surface area contributed by atoms with Crippen LogP contribution in [0.4, 0.5) is 34.8 Å². The van der Waals surface area contributed by atoms with Crippen LogP contribution in [-0.2, 0) is 20.0 Å². The van der Waals surface area contributed by atoms with Gasteiger partial charge in [-0.05, 0) is 194 Å². The number of aryl methyl sites for hydroxylation is 2. The van der Waals surface area contributed by atoms with Gasteiger partial charge in [0.1, 0.15) is 23.1 Å². The Morgan fingerprint density at radius 1 is 0.522 bits per heavy atom. The van der Waals surface area contributed by atoms with Gasteiger partial charge in [0.2, 0.25) is 16.5 Å². The van der Waals surface area contributed by atoms with Gasteiger partial charge >= 0.3 is 124 Å². The zero-order valence-electron chi connectivity index (χ0n) is 63.2. The molecule has 3 saturated carbocycles. The number of nitrogen functional groups attached to an aromatic ring is 1. The molecule has 582 valence electrons. The van der Waals surface area contributed by atoms with Gasteiger partial charge in [0.15, 0.2) is 11.3 Å². The number of hydrogen-bond acceptors (Lipinski definition) is 20. The monoisotopic (exact) mass is 1810 g/mol. The second-order valence-electron chi connectivity index (χ2n) is 28.7. The number of benzene rings is 4. The summed E-state index contributed by atoms with van der Waals surface area (Å²) >= 11 is 12.2. The fraction of sp³-hybridized carbons (Fsp3) is 0.280. The van der Waals surface area contributed by atoms with Crippen molar-refractivity contribution in [3.05, 3.63) is 215 Å². The van der Waals surface area contributed by atoms with E-state index in [2.05, 4.69) is 137 Å². The van der Waals surface area contributed by atoms with Gasteiger partial charge in [-0.1, -0.05) is 35.4 Å². The summed E-state index contributed by atoms with van der Waals surface area (Å²) in [7, 11) is -7.66. The van der Waals surface area contributed by atoms with Crippen molar-refractivity contribution in [2.75, 3.05) is 27.0 Å². The van der Waals surface area contributed by atoms with Gasteiger partial charge in [0.05, 0.1) is 49.4 Å². The Morgan fingerprint density at radius 2 is 0.973 bits per heavy atom. The molecule has 0 bridgehead atoms. The summed E-state index contributed by atoms with van der Waals surface area (Å²) in [6.07, 6.45) is 34.6. The number of unbranched alkanes of at least 4 members (excludes halogenated alkanes) is 3. The molecule has 25 nitrogen and oxygen atoms in total. The maximum absolute atomic E-state index is 13.5. The van der Waals surface area contributed by atoms with Crippen LogP contribution in [0, 0.1) is 17.4 Å². The summed E-state index contributed by atoms with van der Waals surface area (Å²) in [5.74, 6) is 2.51. The van der Waals surface area contributed by atoms with E-state index in [0.717, 1.165) is 107 Å². The molecule has 113 heavy (non-hydrogen) atoms. The number of nitrogens with two attached hydrogens (primary N) is 1. The molecule has 0 aliphatic heterocycles. The molecule has 0 unspecified atom stereocenters. The molecule has 9 N–H and O–H groups in total. The number of hydrogen-bond donors (Lipinski definition) is 8. The van der Waals surface area contributed by atoms with Crippen molar-refractivity contribution in [2.24, 2.45) is 0 Å². The third kappa shape index (κ3) is 19.2. The molecule has 0 amide bonds. The zero-order chi connectivity index (χ0) is 78.8. The number of halogens is 3. The van der Waals surface area contributed by atoms with Crippen molar-refractivity contribution in [1.82, 2.24) is 78.2 Å². The molecule has 18 rings (SSSR count). The van der Waals surface area contributed by atoms with E-state index in [1.54, 1.807) is 115 Å². The molecule has 4 aromatic carbocycles. The van der Waals surface area contributed by atoms with Crippen LogP contribution in [0.3, 0.4) is 0 Å². The molecule has 3 aliphatic carbocycles. The quantitative estimate of drug-likeness (QED) is 0.0121. The van der Waals surface area contributed by atoms with Crippen LogP contribution in [0.5, 0.6) is 0 Å². The minimum atomic E-state index is -3.89. The maximum Gasteiger partial charge on any atom is 0.269 e. The van der Waals surface area contributed by atoms with Crippen LogP contribution in [0.1, 0.15) is 109 Å². The predicted molar refractivity (Wildman–Crippen MR) is 464 cm³/mol. The average Bonchev–Trinajstić information content (AvgIpc) is 1.60. The molecule has 0 saturated heterocycles. The fourth-order valence-electron chi connectivity index (χ4n) is 13.4. The molecular formula is C82H88Cl2IN21O4S2Sn. The summed E-state index contributed by atoms with van der Waals surface area (Å²) in [4.78, 5) is 42.7. The Hall–Kier alpha value is -9.86. The molecular weight excluding hydrogens is 1720 g/mol. The second-order valence-corrected chi connectivity index (χ2v) is 47.4. The predicted octanol–water partition coefficient (Wildman–Crippen LogP) is 18.6. The van der Waals surface area contributed by atoms with E-state index in [0.29, 0.717) is 52.0 Å². The van der Waals surface area contributed by atoms with E-state index in [9.17, 15) is 16.8 Å². The fourth-order valence-corrected chi connectivity index (χ4v) is 33.2. The summed E-state index contributed by atoms with van der Waals surface area (Å²) in [5, 5.41) is 31.8. The van der Waals surface area contributed by atoms with E-state index in [1.807, 2.05) is 93.1 Å². The van der Waals surface area contributed by atoms with E-state index >= 15 is 0 Å². The van der Waals surface area contributed by atoms with Gasteiger partial charge in [0.25, 0.3) is 20.0 Å². The Morgan fingerprint density at radius 3 is 1.48 bits per heavy atom. The van der Waals surface area contributed by atoms with Gasteiger partial charge in [-0.15, -0.1) is 0 Å². The third-order valence-corrected chi connectivity index (χ3v) is 40.2. The number of H-pyrrole nitrogens is 3. The molecule has 0 spiro atoms. The summed E-state index contributed by atoms with van der Waals surface area (Å²) in [6.45, 7) is 10.8. The number of anilines is 6. The second kappa shape index (κ2) is 35.7. The first kappa shape index (κ1) is 79.8. The smallest absolute Gasteiger partial charge is 0.269 e. The van der Waals surface area contributed by atoms with Gasteiger partial charge < -0.3 is 32.0 Å². The van der Waals surface area contributed by atoms with Gasteiger partial charge in [-0.2, -0.15) is 30.1 Å². The van der Waals surface area contributed by atoms with E-state index in [-0.39, 0.29) is 31.7 Å². The minimum absolute atomic E-state index is 0.00890. The summed E-state index contributed by atoms with van der Waals surface area (Å²) in [5.41, 5.74) is 16.1. The van der Waals surface area contributed by atoms with Gasteiger partial charge in [-0.25, -0.2) is 34.7 Å². The maximum atomic E-state index is 13.5. The summed E-state index contributed by atoms with van der Waals surface area (Å²) in [6, 6.07) is 38.6. The Bertz CT molecular complexity index is 6010. The van der Waals surface area contributed by atoms with Crippen LogP contribution in [0.25, 0.3) is 77.2 Å². The van der Waals surface area contributed by atoms with Crippen molar-refractivity contribution < 1.29 is 16.8 Å². The minimum Gasteiger partial charge on any atom is -0.399 e. The molecule has 3 aliphatic rings. The first-order valence-electron chi connectivity index (χ1n) is 38.0. The van der Waals surface area contributed by atoms with Crippen LogP contribution in [-0.4, -0.2) is 132 Å². The first-order valence-corrected chi connectivity index (χ1v) is 50.2. The van der Waals surface area contributed by atoms with Crippen LogP contribution in [0.15, 0.2) is 199 Å². The van der Waals surface area contributed by atoms with Crippen molar-refractivity contribution >= 4 is 177 Å². The number of nitrogens with one attached hydrogen (secondary N) is 7. The van der Waals surface area contributed by atoms with Crippen molar-refractivity contribution in [2.45, 2.75) is 153 Å². The van der Waals surface area contributed by atoms with Gasteiger partial charge in [-0.3, -0.25) is 20.2 Å². The van der Waals surface area contributed by atoms with E-state index < -0.39 is 38.4 Å². The summed E-state index contributed by atoms with van der Waals surface area (Å²) < 4.78 is 62.6. The van der Waals surface area contributed by atoms with Crippen molar-refractivity contribution in [3.8, 4) is 22.3 Å². The molecule has 0 atom stereocenters. The molecule has 15 aromatic rings. The number of fused-ring (bicyclic) bond motifs is 5. The van der Waals surface area contributed by atoms with Crippen molar-refractivity contribution in [1.29, 1.82) is 0 Å². The standard InChI is InChI=1S/C21H18ClN5O2S.C21H18N8.C16H14ClIN4O2S.C7H7N3.C5H4N.3C4H9.Sn/c1-13-2-6-16(7-3-13)30(28,29)27-12-17(14-8-10-23-11-9-14)18-19(24-15-4-5-15)25-21(22)26-20(18)27;1-2-15(9-17-13(1)10-24-29-17)26-21-27-19-18(20(28-21)25-14-3-4-14)16(11-23-19)12-5-7-22-8-6-12;1-9-2-6-11(7-3-9)25(23,24)22-8-12(18)13-14(19-10-4-5-10)20-16(17)21-15(13)22;8-6-2-1-5-4-9-10-7(5)3-6;1-2-4-6-5-3-1;3*1-3-4-2;/h2-3,6-12,15H,4-5H2,1H3,(H,24,25,26);1-2,5-11,14H,3-4H2,(H,24,29)(H3,23,25,26,27,28);2-3,6-8,10H,4-5H2,1H3,(H,19,20,21);1-4H,8H2,(H,9,10);2-5H;3*1,3-4H2,2H3;. The van der Waals surface area contributed by atoms with Crippen LogP contribution in [0.2, 0.25) is 23.9 Å². The van der Waals surface area contributed by atoms with Gasteiger partial charge in [0, 0.05) is 98.3 Å². The number of rotatable bonds is 24. The third-order valence-electron chi connectivity index (χ3n) is 20.0. The Balaban J connectivity index is 0.000000121. The van der Waals surface area contributed by atoms with Crippen LogP contribution < -0.4 is 30.6 Å². The first-order chi connectivity index (χ1) is 54.8. The largest absolute Gasteiger partial charge is 0.399 e. The van der Waals surface area contributed by atoms with E-state index in [1.165, 1.54) is 59.3 Å². The van der Waals surface area contributed by atoms with Crippen molar-refractivity contribution in [3.63, 3.8) is 0 Å².